The van der Waals surface area contributed by atoms with Crippen molar-refractivity contribution >= 4 is 39.1 Å². The van der Waals surface area contributed by atoms with Gasteiger partial charge in [-0.05, 0) is 36.4 Å². The van der Waals surface area contributed by atoms with Gasteiger partial charge in [-0.15, -0.1) is 0 Å². The standard InChI is InChI=1S/C15H13BrClNO2/c16-11-5-7-12(8-6-11)18-15(19)9-10-20-14-4-2-1-3-13(14)17/h1-8H,9-10H2,(H,18,19). The Morgan fingerprint density at radius 1 is 1.15 bits per heavy atom. The van der Waals surface area contributed by atoms with Gasteiger partial charge in [0.2, 0.25) is 5.91 Å². The molecule has 1 amide bonds. The van der Waals surface area contributed by atoms with E-state index in [9.17, 15) is 4.79 Å². The Kier molecular flexibility index (Phi) is 5.44. The van der Waals surface area contributed by atoms with Crippen LogP contribution in [0.4, 0.5) is 5.69 Å². The second-order valence-corrected chi connectivity index (χ2v) is 5.41. The average Bonchev–Trinajstić information content (AvgIpc) is 2.43. The molecule has 2 aromatic rings. The molecule has 0 aliphatic heterocycles. The molecule has 0 saturated carbocycles. The minimum absolute atomic E-state index is 0.0978. The van der Waals surface area contributed by atoms with Gasteiger partial charge in [-0.1, -0.05) is 39.7 Å². The van der Waals surface area contributed by atoms with Gasteiger partial charge >= 0.3 is 0 Å². The maximum atomic E-state index is 11.7. The van der Waals surface area contributed by atoms with Crippen LogP contribution in [0.2, 0.25) is 5.02 Å². The summed E-state index contributed by atoms with van der Waals surface area (Å²) < 4.78 is 6.43. The third-order valence-electron chi connectivity index (χ3n) is 2.55. The van der Waals surface area contributed by atoms with E-state index in [1.54, 1.807) is 12.1 Å². The first-order chi connectivity index (χ1) is 9.65. The van der Waals surface area contributed by atoms with E-state index in [1.807, 2.05) is 36.4 Å². The quantitative estimate of drug-likeness (QED) is 0.858. The fourth-order valence-electron chi connectivity index (χ4n) is 1.57. The second kappa shape index (κ2) is 7.31. The van der Waals surface area contributed by atoms with E-state index < -0.39 is 0 Å². The predicted octanol–water partition coefficient (Wildman–Crippen LogP) is 4.51. The molecular weight excluding hydrogens is 342 g/mol. The molecule has 0 heterocycles. The molecule has 0 bridgehead atoms. The highest BCUT2D eigenvalue weighted by atomic mass is 79.9. The van der Waals surface area contributed by atoms with Crippen LogP contribution in [-0.4, -0.2) is 12.5 Å². The molecule has 20 heavy (non-hydrogen) atoms. The van der Waals surface area contributed by atoms with Crippen molar-refractivity contribution in [1.29, 1.82) is 0 Å². The van der Waals surface area contributed by atoms with E-state index in [0.29, 0.717) is 10.8 Å². The Balaban J connectivity index is 1.78. The van der Waals surface area contributed by atoms with Gasteiger partial charge < -0.3 is 10.1 Å². The van der Waals surface area contributed by atoms with Gasteiger partial charge in [0, 0.05) is 10.2 Å². The SMILES string of the molecule is O=C(CCOc1ccccc1Cl)Nc1ccc(Br)cc1. The number of hydrogen-bond acceptors (Lipinski definition) is 2. The van der Waals surface area contributed by atoms with Gasteiger partial charge in [0.1, 0.15) is 5.75 Å². The molecular formula is C15H13BrClNO2. The summed E-state index contributed by atoms with van der Waals surface area (Å²) in [5, 5.41) is 3.34. The minimum atomic E-state index is -0.0978. The number of hydrogen-bond donors (Lipinski definition) is 1. The molecule has 104 valence electrons. The van der Waals surface area contributed by atoms with Crippen LogP contribution in [0, 0.1) is 0 Å². The first kappa shape index (κ1) is 14.9. The Bertz CT molecular complexity index is 587. The maximum absolute atomic E-state index is 11.7. The molecule has 2 rings (SSSR count). The Morgan fingerprint density at radius 3 is 2.55 bits per heavy atom. The monoisotopic (exact) mass is 353 g/mol. The molecule has 3 nitrogen and oxygen atoms in total. The smallest absolute Gasteiger partial charge is 0.227 e. The van der Waals surface area contributed by atoms with Gasteiger partial charge in [-0.3, -0.25) is 4.79 Å². The van der Waals surface area contributed by atoms with Crippen LogP contribution in [0.3, 0.4) is 0 Å². The van der Waals surface area contributed by atoms with Crippen molar-refractivity contribution in [3.05, 3.63) is 58.0 Å². The van der Waals surface area contributed by atoms with Crippen LogP contribution in [0.15, 0.2) is 53.0 Å². The lowest BCUT2D eigenvalue weighted by Crippen LogP contribution is -2.15. The van der Waals surface area contributed by atoms with Crippen LogP contribution in [0.1, 0.15) is 6.42 Å². The summed E-state index contributed by atoms with van der Waals surface area (Å²) in [7, 11) is 0. The van der Waals surface area contributed by atoms with E-state index in [0.717, 1.165) is 10.2 Å². The second-order valence-electron chi connectivity index (χ2n) is 4.08. The topological polar surface area (TPSA) is 38.3 Å². The summed E-state index contributed by atoms with van der Waals surface area (Å²) in [6, 6.07) is 14.6. The number of para-hydroxylation sites is 1. The molecule has 0 aliphatic carbocycles. The highest BCUT2D eigenvalue weighted by Gasteiger charge is 2.04. The summed E-state index contributed by atoms with van der Waals surface area (Å²) in [4.78, 5) is 11.7. The first-order valence-corrected chi connectivity index (χ1v) is 7.25. The van der Waals surface area contributed by atoms with Gasteiger partial charge in [0.15, 0.2) is 0 Å². The van der Waals surface area contributed by atoms with Gasteiger partial charge in [0.05, 0.1) is 18.1 Å². The van der Waals surface area contributed by atoms with Crippen molar-refractivity contribution in [2.24, 2.45) is 0 Å². The molecule has 0 unspecified atom stereocenters. The summed E-state index contributed by atoms with van der Waals surface area (Å²) in [5.41, 5.74) is 0.760. The molecule has 0 radical (unpaired) electrons. The zero-order chi connectivity index (χ0) is 14.4. The third kappa shape index (κ3) is 4.54. The lowest BCUT2D eigenvalue weighted by molar-refractivity contribution is -0.116. The lowest BCUT2D eigenvalue weighted by atomic mass is 10.3. The Labute approximate surface area is 131 Å². The van der Waals surface area contributed by atoms with Gasteiger partial charge in [0.25, 0.3) is 0 Å². The maximum Gasteiger partial charge on any atom is 0.227 e. The summed E-state index contributed by atoms with van der Waals surface area (Å²) in [6.07, 6.45) is 0.265. The number of anilines is 1. The summed E-state index contributed by atoms with van der Waals surface area (Å²) in [5.74, 6) is 0.491. The number of nitrogens with one attached hydrogen (secondary N) is 1. The number of halogens is 2. The predicted molar refractivity (Wildman–Crippen MR) is 84.3 cm³/mol. The van der Waals surface area contributed by atoms with Crippen LogP contribution < -0.4 is 10.1 Å². The number of rotatable bonds is 5. The van der Waals surface area contributed by atoms with Gasteiger partial charge in [-0.2, -0.15) is 0 Å². The fraction of sp³-hybridized carbons (Fsp3) is 0.133. The van der Waals surface area contributed by atoms with Crippen LogP contribution in [0.25, 0.3) is 0 Å². The van der Waals surface area contributed by atoms with Crippen molar-refractivity contribution in [2.75, 3.05) is 11.9 Å². The highest BCUT2D eigenvalue weighted by molar-refractivity contribution is 9.10. The average molecular weight is 355 g/mol. The molecule has 0 aliphatic rings. The zero-order valence-corrected chi connectivity index (χ0v) is 12.9. The zero-order valence-electron chi connectivity index (χ0n) is 10.6. The minimum Gasteiger partial charge on any atom is -0.491 e. The van der Waals surface area contributed by atoms with Crippen molar-refractivity contribution in [3.63, 3.8) is 0 Å². The summed E-state index contributed by atoms with van der Waals surface area (Å²) >= 11 is 9.30. The normalized spacial score (nSPS) is 10.1. The van der Waals surface area contributed by atoms with Crippen LogP contribution in [-0.2, 0) is 4.79 Å². The van der Waals surface area contributed by atoms with E-state index >= 15 is 0 Å². The van der Waals surface area contributed by atoms with Gasteiger partial charge in [-0.25, -0.2) is 0 Å². The Hall–Kier alpha value is -1.52. The number of carbonyl (C=O) groups excluding carboxylic acids is 1. The number of amides is 1. The van der Waals surface area contributed by atoms with Crippen molar-refractivity contribution in [1.82, 2.24) is 0 Å². The number of benzene rings is 2. The van der Waals surface area contributed by atoms with Crippen LogP contribution in [0.5, 0.6) is 5.75 Å². The molecule has 0 fully saturated rings. The number of ether oxygens (including phenoxy) is 1. The van der Waals surface area contributed by atoms with Crippen molar-refractivity contribution < 1.29 is 9.53 Å². The van der Waals surface area contributed by atoms with E-state index in [4.69, 9.17) is 16.3 Å². The highest BCUT2D eigenvalue weighted by Crippen LogP contribution is 2.23. The molecule has 2 aromatic carbocycles. The van der Waals surface area contributed by atoms with E-state index in [2.05, 4.69) is 21.2 Å². The third-order valence-corrected chi connectivity index (χ3v) is 3.39. The Morgan fingerprint density at radius 2 is 1.85 bits per heavy atom. The van der Waals surface area contributed by atoms with Crippen molar-refractivity contribution in [2.45, 2.75) is 6.42 Å². The number of carbonyl (C=O) groups is 1. The van der Waals surface area contributed by atoms with Crippen molar-refractivity contribution in [3.8, 4) is 5.75 Å². The van der Waals surface area contributed by atoms with E-state index in [1.165, 1.54) is 0 Å². The van der Waals surface area contributed by atoms with E-state index in [-0.39, 0.29) is 18.9 Å². The molecule has 0 saturated heterocycles. The first-order valence-electron chi connectivity index (χ1n) is 6.08. The molecule has 0 aromatic heterocycles. The van der Waals surface area contributed by atoms with Crippen LogP contribution >= 0.6 is 27.5 Å². The molecule has 1 N–H and O–H groups in total. The largest absolute Gasteiger partial charge is 0.491 e. The summed E-state index contributed by atoms with van der Waals surface area (Å²) in [6.45, 7) is 0.284. The lowest BCUT2D eigenvalue weighted by Gasteiger charge is -2.08. The fourth-order valence-corrected chi connectivity index (χ4v) is 2.03. The molecule has 5 heteroatoms. The molecule has 0 spiro atoms. The molecule has 0 atom stereocenters.